The predicted molar refractivity (Wildman–Crippen MR) is 118 cm³/mol. The Labute approximate surface area is 174 Å². The number of hydrogen-bond acceptors (Lipinski definition) is 4. The third-order valence-corrected chi connectivity index (χ3v) is 5.24. The van der Waals surface area contributed by atoms with Gasteiger partial charge >= 0.3 is 6.03 Å². The third kappa shape index (κ3) is 4.32. The first-order valence-electron chi connectivity index (χ1n) is 9.63. The minimum Gasteiger partial charge on any atom is -0.382 e. The fourth-order valence-corrected chi connectivity index (χ4v) is 3.53. The van der Waals surface area contributed by atoms with Gasteiger partial charge in [-0.1, -0.05) is 30.7 Å². The highest BCUT2D eigenvalue weighted by atomic mass is 35.5. The van der Waals surface area contributed by atoms with Gasteiger partial charge in [0.15, 0.2) is 5.82 Å². The third-order valence-electron chi connectivity index (χ3n) is 5.01. The molecule has 2 amide bonds. The lowest BCUT2D eigenvalue weighted by atomic mass is 10.1. The van der Waals surface area contributed by atoms with E-state index in [4.69, 9.17) is 16.6 Å². The van der Waals surface area contributed by atoms with Crippen LogP contribution in [-0.4, -0.2) is 29.1 Å². The van der Waals surface area contributed by atoms with Gasteiger partial charge in [-0.2, -0.15) is 0 Å². The Morgan fingerprint density at radius 3 is 2.93 bits per heavy atom. The van der Waals surface area contributed by atoms with E-state index < -0.39 is 0 Å². The van der Waals surface area contributed by atoms with E-state index in [-0.39, 0.29) is 6.03 Å². The van der Waals surface area contributed by atoms with Crippen LogP contribution in [0.5, 0.6) is 0 Å². The number of urea groups is 1. The monoisotopic (exact) mass is 407 g/mol. The van der Waals surface area contributed by atoms with Gasteiger partial charge in [0.2, 0.25) is 0 Å². The summed E-state index contributed by atoms with van der Waals surface area (Å²) in [4.78, 5) is 23.7. The molecule has 0 aliphatic carbocycles. The normalized spacial score (nSPS) is 15.8. The molecular weight excluding hydrogens is 386 g/mol. The van der Waals surface area contributed by atoms with Crippen LogP contribution >= 0.6 is 11.6 Å². The number of pyridine rings is 2. The van der Waals surface area contributed by atoms with Crippen molar-refractivity contribution < 1.29 is 4.79 Å². The maximum atomic E-state index is 13.1. The summed E-state index contributed by atoms with van der Waals surface area (Å²) in [5, 5.41) is 7.02. The van der Waals surface area contributed by atoms with Crippen molar-refractivity contribution in [2.75, 3.05) is 28.6 Å². The number of benzene rings is 1. The van der Waals surface area contributed by atoms with Crippen LogP contribution in [0.1, 0.15) is 13.3 Å². The van der Waals surface area contributed by atoms with E-state index in [0.29, 0.717) is 29.0 Å². The molecule has 1 aliphatic rings. The molecule has 7 heteroatoms. The van der Waals surface area contributed by atoms with Crippen LogP contribution in [0.2, 0.25) is 5.02 Å². The number of nitrogens with zero attached hydrogens (tertiary/aromatic N) is 3. The first-order chi connectivity index (χ1) is 14.1. The van der Waals surface area contributed by atoms with Gasteiger partial charge in [0.1, 0.15) is 0 Å². The summed E-state index contributed by atoms with van der Waals surface area (Å²) < 4.78 is 0. The minimum absolute atomic E-state index is 0.225. The topological polar surface area (TPSA) is 70.2 Å². The molecule has 1 aromatic carbocycles. The smallest absolute Gasteiger partial charge is 0.327 e. The summed E-state index contributed by atoms with van der Waals surface area (Å²) >= 11 is 6.15. The van der Waals surface area contributed by atoms with Gasteiger partial charge in [-0.05, 0) is 48.7 Å². The molecule has 4 rings (SSSR count). The van der Waals surface area contributed by atoms with Crippen molar-refractivity contribution in [3.05, 3.63) is 65.9 Å². The van der Waals surface area contributed by atoms with Crippen LogP contribution in [0.25, 0.3) is 11.3 Å². The number of hydrogen-bond donors (Lipinski definition) is 2. The Bertz CT molecular complexity index is 1010. The number of amides is 2. The summed E-state index contributed by atoms with van der Waals surface area (Å²) in [6.45, 7) is 3.50. The number of halogens is 1. The first kappa shape index (κ1) is 19.2. The zero-order chi connectivity index (χ0) is 20.2. The second-order valence-corrected chi connectivity index (χ2v) is 7.45. The number of anilines is 3. The van der Waals surface area contributed by atoms with E-state index in [1.165, 1.54) is 0 Å². The summed E-state index contributed by atoms with van der Waals surface area (Å²) in [5.41, 5.74) is 3.16. The standard InChI is InChI=1S/C22H22ClN5O/c1-2-15-12-25-20-9-8-19(16-5-3-6-17(23)11-16)27-21(20)28(14-15)22(29)26-18-7-4-10-24-13-18/h3-11,13,15,25H,2,12,14H2,1H3,(H,26,29)/t15-/m1/s1. The Morgan fingerprint density at radius 1 is 1.28 bits per heavy atom. The molecule has 0 radical (unpaired) electrons. The van der Waals surface area contributed by atoms with Crippen molar-refractivity contribution in [1.29, 1.82) is 0 Å². The van der Waals surface area contributed by atoms with Crippen LogP contribution in [0.4, 0.5) is 22.0 Å². The van der Waals surface area contributed by atoms with Gasteiger partial charge in [0, 0.05) is 29.9 Å². The second-order valence-electron chi connectivity index (χ2n) is 7.02. The van der Waals surface area contributed by atoms with Crippen LogP contribution in [0.3, 0.4) is 0 Å². The molecule has 2 aromatic heterocycles. The Balaban J connectivity index is 1.72. The molecule has 0 spiro atoms. The van der Waals surface area contributed by atoms with Gasteiger partial charge in [-0.3, -0.25) is 9.88 Å². The van der Waals surface area contributed by atoms with E-state index in [1.807, 2.05) is 42.5 Å². The summed E-state index contributed by atoms with van der Waals surface area (Å²) in [5.74, 6) is 0.929. The zero-order valence-electron chi connectivity index (χ0n) is 16.1. The molecule has 1 atom stereocenters. The molecule has 0 bridgehead atoms. The molecule has 0 fully saturated rings. The van der Waals surface area contributed by atoms with Gasteiger partial charge in [0.05, 0.1) is 23.3 Å². The van der Waals surface area contributed by atoms with Crippen molar-refractivity contribution in [3.8, 4) is 11.3 Å². The Morgan fingerprint density at radius 2 is 2.17 bits per heavy atom. The zero-order valence-corrected chi connectivity index (χ0v) is 16.9. The maximum Gasteiger partial charge on any atom is 0.327 e. The largest absolute Gasteiger partial charge is 0.382 e. The van der Waals surface area contributed by atoms with Crippen molar-refractivity contribution in [2.45, 2.75) is 13.3 Å². The summed E-state index contributed by atoms with van der Waals surface area (Å²) in [6, 6.07) is 14.8. The molecule has 148 valence electrons. The summed E-state index contributed by atoms with van der Waals surface area (Å²) in [6.07, 6.45) is 4.26. The van der Waals surface area contributed by atoms with E-state index in [9.17, 15) is 4.79 Å². The lowest BCUT2D eigenvalue weighted by molar-refractivity contribution is 0.255. The maximum absolute atomic E-state index is 13.1. The lowest BCUT2D eigenvalue weighted by Gasteiger charge is -2.24. The van der Waals surface area contributed by atoms with Crippen molar-refractivity contribution in [2.24, 2.45) is 5.92 Å². The van der Waals surface area contributed by atoms with Crippen LogP contribution in [0.15, 0.2) is 60.9 Å². The molecule has 0 saturated carbocycles. The lowest BCUT2D eigenvalue weighted by Crippen LogP contribution is -2.39. The molecule has 0 saturated heterocycles. The van der Waals surface area contributed by atoms with Crippen LogP contribution in [0, 0.1) is 5.92 Å². The van der Waals surface area contributed by atoms with Gasteiger partial charge in [-0.25, -0.2) is 9.78 Å². The Hall–Kier alpha value is -3.12. The number of fused-ring (bicyclic) bond motifs is 1. The van der Waals surface area contributed by atoms with Crippen LogP contribution in [-0.2, 0) is 0 Å². The predicted octanol–water partition coefficient (Wildman–Crippen LogP) is 5.29. The highest BCUT2D eigenvalue weighted by molar-refractivity contribution is 6.30. The Kier molecular flexibility index (Phi) is 5.62. The molecule has 6 nitrogen and oxygen atoms in total. The van der Waals surface area contributed by atoms with Crippen molar-refractivity contribution in [3.63, 3.8) is 0 Å². The molecule has 2 N–H and O–H groups in total. The fraction of sp³-hybridized carbons (Fsp3) is 0.227. The highest BCUT2D eigenvalue weighted by Gasteiger charge is 2.27. The second kappa shape index (κ2) is 8.49. The molecule has 0 unspecified atom stereocenters. The van der Waals surface area contributed by atoms with E-state index >= 15 is 0 Å². The number of nitrogens with one attached hydrogen (secondary N) is 2. The molecule has 29 heavy (non-hydrogen) atoms. The number of aromatic nitrogens is 2. The highest BCUT2D eigenvalue weighted by Crippen LogP contribution is 2.32. The van der Waals surface area contributed by atoms with E-state index in [2.05, 4.69) is 22.5 Å². The van der Waals surface area contributed by atoms with Crippen molar-refractivity contribution >= 4 is 34.8 Å². The number of carbonyl (C=O) groups is 1. The molecule has 3 aromatic rings. The van der Waals surface area contributed by atoms with E-state index in [0.717, 1.165) is 29.9 Å². The average molecular weight is 408 g/mol. The first-order valence-corrected chi connectivity index (χ1v) is 10.0. The number of carbonyl (C=O) groups excluding carboxylic acids is 1. The van der Waals surface area contributed by atoms with Gasteiger partial charge in [-0.15, -0.1) is 0 Å². The SMILES string of the molecule is CC[C@@H]1CNc2ccc(-c3cccc(Cl)c3)nc2N(C(=O)Nc2cccnc2)C1. The van der Waals surface area contributed by atoms with Gasteiger partial charge < -0.3 is 10.6 Å². The van der Waals surface area contributed by atoms with Crippen LogP contribution < -0.4 is 15.5 Å². The minimum atomic E-state index is -0.225. The number of rotatable bonds is 3. The fourth-order valence-electron chi connectivity index (χ4n) is 3.34. The van der Waals surface area contributed by atoms with Crippen molar-refractivity contribution in [1.82, 2.24) is 9.97 Å². The van der Waals surface area contributed by atoms with E-state index in [1.54, 1.807) is 23.4 Å². The van der Waals surface area contributed by atoms with Gasteiger partial charge in [0.25, 0.3) is 0 Å². The summed E-state index contributed by atoms with van der Waals surface area (Å²) in [7, 11) is 0. The average Bonchev–Trinajstić information content (AvgIpc) is 2.93. The molecule has 1 aliphatic heterocycles. The quantitative estimate of drug-likeness (QED) is 0.619. The molecule has 3 heterocycles. The molecular formula is C22H22ClN5O.